The van der Waals surface area contributed by atoms with Crippen molar-refractivity contribution in [1.29, 1.82) is 0 Å². The molecule has 0 saturated carbocycles. The molecule has 0 aromatic heterocycles. The van der Waals surface area contributed by atoms with Crippen molar-refractivity contribution in [3.05, 3.63) is 48.0 Å². The third-order valence-corrected chi connectivity index (χ3v) is 3.15. The van der Waals surface area contributed by atoms with Gasteiger partial charge in [-0.3, -0.25) is 4.79 Å². The average Bonchev–Trinajstić information content (AvgIpc) is 2.38. The third-order valence-electron chi connectivity index (χ3n) is 3.15. The molecule has 0 aliphatic rings. The van der Waals surface area contributed by atoms with E-state index in [2.05, 4.69) is 19.2 Å². The molecule has 0 aliphatic carbocycles. The van der Waals surface area contributed by atoms with Crippen LogP contribution in [0.2, 0.25) is 0 Å². The minimum atomic E-state index is -0.437. The summed E-state index contributed by atoms with van der Waals surface area (Å²) >= 11 is 0. The molecule has 0 aliphatic heterocycles. The molecule has 1 amide bonds. The van der Waals surface area contributed by atoms with Crippen LogP contribution >= 0.6 is 0 Å². The van der Waals surface area contributed by atoms with E-state index in [9.17, 15) is 4.79 Å². The Morgan fingerprint density at radius 1 is 1.16 bits per heavy atom. The Balaban J connectivity index is 2.41. The highest BCUT2D eigenvalue weighted by Gasteiger charge is 2.19. The van der Waals surface area contributed by atoms with Gasteiger partial charge >= 0.3 is 0 Å². The maximum atomic E-state index is 11.7. The topological polar surface area (TPSA) is 55.1 Å². The number of rotatable bonds is 5. The molecule has 2 rings (SSSR count). The first-order valence-corrected chi connectivity index (χ1v) is 6.60. The van der Waals surface area contributed by atoms with Gasteiger partial charge in [0.05, 0.1) is 0 Å². The normalized spacial score (nSPS) is 12.8. The van der Waals surface area contributed by atoms with Gasteiger partial charge in [-0.25, -0.2) is 0 Å². The summed E-state index contributed by atoms with van der Waals surface area (Å²) in [5, 5.41) is 5.45. The fourth-order valence-corrected chi connectivity index (χ4v) is 2.22. The Kier molecular flexibility index (Phi) is 4.17. The standard InChI is InChI=1S/C16H20N2O/c1-11(2)10-18-15(16(17)19)14-9-5-7-12-6-3-4-8-13(12)14/h3-9,11,15,18H,10H2,1-2H3,(H2,17,19). The molecule has 0 radical (unpaired) electrons. The van der Waals surface area contributed by atoms with Gasteiger partial charge in [-0.05, 0) is 28.8 Å². The third kappa shape index (κ3) is 3.12. The molecule has 3 heteroatoms. The van der Waals surface area contributed by atoms with E-state index in [-0.39, 0.29) is 5.91 Å². The van der Waals surface area contributed by atoms with Gasteiger partial charge < -0.3 is 11.1 Å². The molecule has 19 heavy (non-hydrogen) atoms. The lowest BCUT2D eigenvalue weighted by molar-refractivity contribution is -0.120. The van der Waals surface area contributed by atoms with Crippen molar-refractivity contribution in [2.24, 2.45) is 11.7 Å². The first-order valence-electron chi connectivity index (χ1n) is 6.60. The van der Waals surface area contributed by atoms with Crippen molar-refractivity contribution in [1.82, 2.24) is 5.32 Å². The number of carbonyl (C=O) groups is 1. The number of amides is 1. The predicted molar refractivity (Wildman–Crippen MR) is 78.7 cm³/mol. The number of carbonyl (C=O) groups excluding carboxylic acids is 1. The highest BCUT2D eigenvalue weighted by molar-refractivity contribution is 5.92. The lowest BCUT2D eigenvalue weighted by Crippen LogP contribution is -2.35. The molecule has 3 nitrogen and oxygen atoms in total. The largest absolute Gasteiger partial charge is 0.368 e. The number of fused-ring (bicyclic) bond motifs is 1. The molecule has 100 valence electrons. The number of benzene rings is 2. The lowest BCUT2D eigenvalue weighted by Gasteiger charge is -2.19. The van der Waals surface area contributed by atoms with Crippen LogP contribution in [-0.4, -0.2) is 12.5 Å². The molecule has 0 fully saturated rings. The van der Waals surface area contributed by atoms with E-state index in [1.54, 1.807) is 0 Å². The molecule has 0 saturated heterocycles. The Labute approximate surface area is 113 Å². The summed E-state index contributed by atoms with van der Waals surface area (Å²) in [5.74, 6) is 0.133. The molecule has 1 unspecified atom stereocenters. The van der Waals surface area contributed by atoms with Gasteiger partial charge in [-0.2, -0.15) is 0 Å². The summed E-state index contributed by atoms with van der Waals surface area (Å²) in [5.41, 5.74) is 6.49. The lowest BCUT2D eigenvalue weighted by atomic mass is 9.98. The van der Waals surface area contributed by atoms with Crippen LogP contribution in [0.5, 0.6) is 0 Å². The number of hydrogen-bond acceptors (Lipinski definition) is 2. The summed E-state index contributed by atoms with van der Waals surface area (Å²) in [6.07, 6.45) is 0. The van der Waals surface area contributed by atoms with Crippen LogP contribution < -0.4 is 11.1 Å². The molecule has 3 N–H and O–H groups in total. The smallest absolute Gasteiger partial charge is 0.239 e. The van der Waals surface area contributed by atoms with E-state index < -0.39 is 6.04 Å². The molecule has 0 spiro atoms. The van der Waals surface area contributed by atoms with E-state index in [1.165, 1.54) is 0 Å². The molecular weight excluding hydrogens is 236 g/mol. The van der Waals surface area contributed by atoms with Crippen LogP contribution in [-0.2, 0) is 4.79 Å². The average molecular weight is 256 g/mol. The second-order valence-electron chi connectivity index (χ2n) is 5.21. The van der Waals surface area contributed by atoms with Crippen LogP contribution in [0.1, 0.15) is 25.5 Å². The zero-order valence-corrected chi connectivity index (χ0v) is 11.4. The monoisotopic (exact) mass is 256 g/mol. The maximum Gasteiger partial charge on any atom is 0.239 e. The molecular formula is C16H20N2O. The van der Waals surface area contributed by atoms with Gasteiger partial charge in [0.2, 0.25) is 5.91 Å². The highest BCUT2D eigenvalue weighted by Crippen LogP contribution is 2.24. The quantitative estimate of drug-likeness (QED) is 0.864. The first-order chi connectivity index (χ1) is 9.09. The van der Waals surface area contributed by atoms with Gasteiger partial charge in [0, 0.05) is 0 Å². The highest BCUT2D eigenvalue weighted by atomic mass is 16.1. The second kappa shape index (κ2) is 5.85. The summed E-state index contributed by atoms with van der Waals surface area (Å²) in [7, 11) is 0. The van der Waals surface area contributed by atoms with E-state index in [1.807, 2.05) is 42.5 Å². The SMILES string of the molecule is CC(C)CNC(C(N)=O)c1cccc2ccccc12. The van der Waals surface area contributed by atoms with Gasteiger partial charge in [-0.1, -0.05) is 56.3 Å². The number of nitrogens with one attached hydrogen (secondary N) is 1. The van der Waals surface area contributed by atoms with Crippen LogP contribution in [0.4, 0.5) is 0 Å². The van der Waals surface area contributed by atoms with E-state index in [4.69, 9.17) is 5.73 Å². The number of hydrogen-bond donors (Lipinski definition) is 2. The van der Waals surface area contributed by atoms with Crippen LogP contribution in [0, 0.1) is 5.92 Å². The Hall–Kier alpha value is -1.87. The van der Waals surface area contributed by atoms with Crippen LogP contribution in [0.15, 0.2) is 42.5 Å². The van der Waals surface area contributed by atoms with Crippen molar-refractivity contribution in [2.75, 3.05) is 6.54 Å². The van der Waals surface area contributed by atoms with E-state index in [0.29, 0.717) is 5.92 Å². The van der Waals surface area contributed by atoms with Gasteiger partial charge in [-0.15, -0.1) is 0 Å². The van der Waals surface area contributed by atoms with Crippen molar-refractivity contribution in [3.63, 3.8) is 0 Å². The van der Waals surface area contributed by atoms with E-state index in [0.717, 1.165) is 22.9 Å². The molecule has 0 heterocycles. The van der Waals surface area contributed by atoms with Crippen molar-refractivity contribution >= 4 is 16.7 Å². The summed E-state index contributed by atoms with van der Waals surface area (Å²) < 4.78 is 0. The molecule has 2 aromatic rings. The van der Waals surface area contributed by atoms with Gasteiger partial charge in [0.1, 0.15) is 6.04 Å². The minimum Gasteiger partial charge on any atom is -0.368 e. The van der Waals surface area contributed by atoms with Crippen molar-refractivity contribution in [3.8, 4) is 0 Å². The Bertz CT molecular complexity index is 572. The zero-order chi connectivity index (χ0) is 13.8. The number of nitrogens with two attached hydrogens (primary N) is 1. The Morgan fingerprint density at radius 2 is 1.84 bits per heavy atom. The van der Waals surface area contributed by atoms with Crippen molar-refractivity contribution < 1.29 is 4.79 Å². The zero-order valence-electron chi connectivity index (χ0n) is 11.4. The minimum absolute atomic E-state index is 0.336. The van der Waals surface area contributed by atoms with Crippen LogP contribution in [0.25, 0.3) is 10.8 Å². The van der Waals surface area contributed by atoms with Gasteiger partial charge in [0.25, 0.3) is 0 Å². The Morgan fingerprint density at radius 3 is 2.53 bits per heavy atom. The second-order valence-corrected chi connectivity index (χ2v) is 5.21. The maximum absolute atomic E-state index is 11.7. The van der Waals surface area contributed by atoms with Crippen molar-refractivity contribution in [2.45, 2.75) is 19.9 Å². The predicted octanol–water partition coefficient (Wildman–Crippen LogP) is 2.61. The molecule has 1 atom stereocenters. The number of primary amides is 1. The fraction of sp³-hybridized carbons (Fsp3) is 0.312. The fourth-order valence-electron chi connectivity index (χ4n) is 2.22. The molecule has 2 aromatic carbocycles. The summed E-state index contributed by atoms with van der Waals surface area (Å²) in [6, 6.07) is 13.6. The summed E-state index contributed by atoms with van der Waals surface area (Å²) in [6.45, 7) is 4.97. The first kappa shape index (κ1) is 13.6. The van der Waals surface area contributed by atoms with Crippen LogP contribution in [0.3, 0.4) is 0 Å². The van der Waals surface area contributed by atoms with Gasteiger partial charge in [0.15, 0.2) is 0 Å². The van der Waals surface area contributed by atoms with E-state index >= 15 is 0 Å². The molecule has 0 bridgehead atoms. The summed E-state index contributed by atoms with van der Waals surface area (Å²) in [4.78, 5) is 11.7.